The number of nitrogens with one attached hydrogen (secondary N) is 1. The van der Waals surface area contributed by atoms with Gasteiger partial charge >= 0.3 is 6.18 Å². The fourth-order valence-electron chi connectivity index (χ4n) is 2.76. The van der Waals surface area contributed by atoms with Crippen LogP contribution in [-0.4, -0.2) is 42.7 Å². The van der Waals surface area contributed by atoms with Crippen molar-refractivity contribution in [3.8, 4) is 0 Å². The van der Waals surface area contributed by atoms with Crippen molar-refractivity contribution in [2.24, 2.45) is 5.92 Å². The number of nitrogens with zero attached hydrogens (tertiary/aromatic N) is 1. The van der Waals surface area contributed by atoms with Gasteiger partial charge in [0.1, 0.15) is 0 Å². The maximum absolute atomic E-state index is 12.1. The van der Waals surface area contributed by atoms with Crippen molar-refractivity contribution >= 4 is 18.3 Å². The Morgan fingerprint density at radius 2 is 2.00 bits per heavy atom. The molecule has 112 valence electrons. The van der Waals surface area contributed by atoms with Crippen LogP contribution in [0.15, 0.2) is 0 Å². The van der Waals surface area contributed by atoms with Crippen LogP contribution in [0.3, 0.4) is 0 Å². The highest BCUT2D eigenvalue weighted by Gasteiger charge is 2.32. The van der Waals surface area contributed by atoms with E-state index in [2.05, 4.69) is 5.32 Å². The van der Waals surface area contributed by atoms with E-state index in [4.69, 9.17) is 0 Å². The molecule has 2 aliphatic rings. The van der Waals surface area contributed by atoms with E-state index in [1.54, 1.807) is 4.90 Å². The molecule has 0 aromatic carbocycles. The topological polar surface area (TPSA) is 32.3 Å². The first-order valence-electron chi connectivity index (χ1n) is 6.52. The van der Waals surface area contributed by atoms with Gasteiger partial charge in [0.2, 0.25) is 5.91 Å². The Morgan fingerprint density at radius 1 is 1.26 bits per heavy atom. The average Bonchev–Trinajstić information content (AvgIpc) is 2.57. The van der Waals surface area contributed by atoms with E-state index in [1.165, 1.54) is 0 Å². The van der Waals surface area contributed by atoms with Crippen LogP contribution in [0, 0.1) is 5.92 Å². The Morgan fingerprint density at radius 3 is 2.68 bits per heavy atom. The van der Waals surface area contributed by atoms with Crippen molar-refractivity contribution in [1.82, 2.24) is 10.2 Å². The number of amides is 1. The lowest BCUT2D eigenvalue weighted by atomic mass is 9.99. The smallest absolute Gasteiger partial charge is 0.341 e. The van der Waals surface area contributed by atoms with Gasteiger partial charge in [0.25, 0.3) is 0 Å². The van der Waals surface area contributed by atoms with Crippen LogP contribution >= 0.6 is 12.4 Å². The molecule has 2 saturated heterocycles. The number of hydrogen-bond acceptors (Lipinski definition) is 2. The first kappa shape index (κ1) is 16.6. The molecule has 2 bridgehead atoms. The summed E-state index contributed by atoms with van der Waals surface area (Å²) in [6.07, 6.45) is -2.44. The SMILES string of the molecule is Cl.O=C(CCC(F)(F)F)N1C[C@H]2CCC[C@@H](C1)NC2. The van der Waals surface area contributed by atoms with Crippen LogP contribution in [0.1, 0.15) is 32.1 Å². The molecule has 0 spiro atoms. The molecule has 1 amide bonds. The van der Waals surface area contributed by atoms with Gasteiger partial charge in [0.15, 0.2) is 0 Å². The Kier molecular flexibility index (Phi) is 5.92. The number of rotatable bonds is 2. The van der Waals surface area contributed by atoms with Gasteiger partial charge in [-0.05, 0) is 25.3 Å². The molecule has 0 aromatic heterocycles. The van der Waals surface area contributed by atoms with Gasteiger partial charge in [-0.15, -0.1) is 12.4 Å². The Hall–Kier alpha value is -0.490. The summed E-state index contributed by atoms with van der Waals surface area (Å²) in [7, 11) is 0. The van der Waals surface area contributed by atoms with E-state index >= 15 is 0 Å². The summed E-state index contributed by atoms with van der Waals surface area (Å²) in [5.41, 5.74) is 0. The lowest BCUT2D eigenvalue weighted by Crippen LogP contribution is -2.41. The number of alkyl halides is 3. The molecular weight excluding hydrogens is 281 g/mol. The molecule has 19 heavy (non-hydrogen) atoms. The third-order valence-electron chi connectivity index (χ3n) is 3.75. The van der Waals surface area contributed by atoms with Crippen LogP contribution in [0.4, 0.5) is 13.2 Å². The molecule has 3 nitrogen and oxygen atoms in total. The molecule has 0 radical (unpaired) electrons. The zero-order valence-corrected chi connectivity index (χ0v) is 11.5. The zero-order chi connectivity index (χ0) is 13.2. The number of likely N-dealkylation sites (tertiary alicyclic amines) is 1. The number of carbonyl (C=O) groups excluding carboxylic acids is 1. The van der Waals surface area contributed by atoms with Crippen molar-refractivity contribution in [1.29, 1.82) is 0 Å². The summed E-state index contributed by atoms with van der Waals surface area (Å²) in [5.74, 6) is 0.0419. The monoisotopic (exact) mass is 300 g/mol. The van der Waals surface area contributed by atoms with Crippen molar-refractivity contribution in [2.75, 3.05) is 19.6 Å². The molecule has 2 aliphatic heterocycles. The molecule has 1 N–H and O–H groups in total. The molecule has 0 unspecified atom stereocenters. The van der Waals surface area contributed by atoms with Crippen molar-refractivity contribution in [3.63, 3.8) is 0 Å². The van der Waals surface area contributed by atoms with Gasteiger partial charge in [-0.1, -0.05) is 6.42 Å². The first-order valence-corrected chi connectivity index (χ1v) is 6.52. The Bertz CT molecular complexity index is 298. The molecule has 0 aliphatic carbocycles. The highest BCUT2D eigenvalue weighted by atomic mass is 35.5. The number of fused-ring (bicyclic) bond motifs is 3. The Balaban J connectivity index is 0.00000180. The largest absolute Gasteiger partial charge is 0.389 e. The highest BCUT2D eigenvalue weighted by molar-refractivity contribution is 5.85. The second kappa shape index (κ2) is 6.79. The van der Waals surface area contributed by atoms with Crippen LogP contribution in [0.25, 0.3) is 0 Å². The quantitative estimate of drug-likeness (QED) is 0.849. The number of carbonyl (C=O) groups is 1. The molecule has 0 saturated carbocycles. The van der Waals surface area contributed by atoms with E-state index in [9.17, 15) is 18.0 Å². The third kappa shape index (κ3) is 5.18. The van der Waals surface area contributed by atoms with E-state index in [-0.39, 0.29) is 24.4 Å². The third-order valence-corrected chi connectivity index (χ3v) is 3.75. The summed E-state index contributed by atoms with van der Waals surface area (Å²) < 4.78 is 36.3. The second-order valence-corrected chi connectivity index (χ2v) is 5.32. The van der Waals surface area contributed by atoms with Crippen LogP contribution in [-0.2, 0) is 4.79 Å². The zero-order valence-electron chi connectivity index (χ0n) is 10.7. The summed E-state index contributed by atoms with van der Waals surface area (Å²) in [4.78, 5) is 13.5. The Labute approximate surface area is 117 Å². The average molecular weight is 301 g/mol. The minimum atomic E-state index is -4.24. The predicted octanol–water partition coefficient (Wildman–Crippen LogP) is 2.35. The fourth-order valence-corrected chi connectivity index (χ4v) is 2.76. The fraction of sp³-hybridized carbons (Fsp3) is 0.917. The van der Waals surface area contributed by atoms with E-state index in [1.807, 2.05) is 0 Å². The summed E-state index contributed by atoms with van der Waals surface area (Å²) >= 11 is 0. The first-order chi connectivity index (χ1) is 8.44. The summed E-state index contributed by atoms with van der Waals surface area (Å²) in [6.45, 7) is 2.06. The summed E-state index contributed by atoms with van der Waals surface area (Å²) in [5, 5.41) is 3.38. The molecule has 2 heterocycles. The number of hydrogen-bond donors (Lipinski definition) is 1. The minimum absolute atomic E-state index is 0. The van der Waals surface area contributed by atoms with Crippen LogP contribution < -0.4 is 5.32 Å². The standard InChI is InChI=1S/C12H19F3N2O.ClH/c13-12(14,15)5-4-11(18)17-7-9-2-1-3-10(8-17)16-6-9;/h9-10,16H,1-8H2;1H/t9-,10-;/m0./s1. The van der Waals surface area contributed by atoms with Gasteiger partial charge in [0, 0.05) is 25.6 Å². The van der Waals surface area contributed by atoms with E-state index < -0.39 is 19.0 Å². The molecular formula is C12H20ClF3N2O. The van der Waals surface area contributed by atoms with Crippen molar-refractivity contribution < 1.29 is 18.0 Å². The van der Waals surface area contributed by atoms with Gasteiger partial charge in [-0.25, -0.2) is 0 Å². The second-order valence-electron chi connectivity index (χ2n) is 5.32. The normalized spacial score (nSPS) is 27.4. The maximum atomic E-state index is 12.1. The van der Waals surface area contributed by atoms with Crippen LogP contribution in [0.2, 0.25) is 0 Å². The number of halogens is 4. The van der Waals surface area contributed by atoms with Gasteiger partial charge in [-0.2, -0.15) is 13.2 Å². The lowest BCUT2D eigenvalue weighted by Gasteiger charge is -2.28. The molecule has 2 fully saturated rings. The molecule has 0 aromatic rings. The lowest BCUT2D eigenvalue weighted by molar-refractivity contribution is -0.149. The maximum Gasteiger partial charge on any atom is 0.389 e. The molecule has 7 heteroatoms. The molecule has 2 rings (SSSR count). The summed E-state index contributed by atoms with van der Waals surface area (Å²) in [6, 6.07) is 0.257. The van der Waals surface area contributed by atoms with Crippen molar-refractivity contribution in [2.45, 2.75) is 44.3 Å². The van der Waals surface area contributed by atoms with Crippen molar-refractivity contribution in [3.05, 3.63) is 0 Å². The molecule has 2 atom stereocenters. The van der Waals surface area contributed by atoms with Gasteiger partial charge in [0.05, 0.1) is 6.42 Å². The predicted molar refractivity (Wildman–Crippen MR) is 68.2 cm³/mol. The van der Waals surface area contributed by atoms with Gasteiger partial charge in [-0.3, -0.25) is 4.79 Å². The van der Waals surface area contributed by atoms with E-state index in [0.717, 1.165) is 25.8 Å². The minimum Gasteiger partial charge on any atom is -0.341 e. The highest BCUT2D eigenvalue weighted by Crippen LogP contribution is 2.24. The van der Waals surface area contributed by atoms with Gasteiger partial charge < -0.3 is 10.2 Å². The van der Waals surface area contributed by atoms with Crippen LogP contribution in [0.5, 0.6) is 0 Å². The van der Waals surface area contributed by atoms with E-state index in [0.29, 0.717) is 19.0 Å².